The highest BCUT2D eigenvalue weighted by atomic mass is 16.6. The molecule has 0 radical (unpaired) electrons. The molecule has 1 saturated heterocycles. The van der Waals surface area contributed by atoms with Crippen molar-refractivity contribution in [2.45, 2.75) is 26.1 Å². The van der Waals surface area contributed by atoms with Crippen molar-refractivity contribution < 1.29 is 24.0 Å². The van der Waals surface area contributed by atoms with Crippen LogP contribution in [0.5, 0.6) is 0 Å². The number of morpholine rings is 1. The van der Waals surface area contributed by atoms with Crippen LogP contribution >= 0.6 is 0 Å². The molecule has 0 saturated carbocycles. The molecule has 0 aliphatic carbocycles. The van der Waals surface area contributed by atoms with Crippen molar-refractivity contribution in [2.24, 2.45) is 0 Å². The Morgan fingerprint density at radius 3 is 2.58 bits per heavy atom. The van der Waals surface area contributed by atoms with Gasteiger partial charge in [-0.3, -0.25) is 14.9 Å². The van der Waals surface area contributed by atoms with Gasteiger partial charge in [-0.1, -0.05) is 0 Å². The summed E-state index contributed by atoms with van der Waals surface area (Å²) in [4.78, 5) is 35.8. The fourth-order valence-corrected chi connectivity index (χ4v) is 2.51. The summed E-state index contributed by atoms with van der Waals surface area (Å²) in [5, 5.41) is 10.8. The predicted octanol–water partition coefficient (Wildman–Crippen LogP) is 0.970. The van der Waals surface area contributed by atoms with E-state index in [0.717, 1.165) is 6.07 Å². The molecular formula is C15H19N3O6. The summed E-state index contributed by atoms with van der Waals surface area (Å²) in [6.45, 7) is 4.13. The van der Waals surface area contributed by atoms with E-state index in [-0.39, 0.29) is 35.1 Å². The van der Waals surface area contributed by atoms with Crippen molar-refractivity contribution in [2.75, 3.05) is 25.4 Å². The lowest BCUT2D eigenvalue weighted by Gasteiger charge is -2.35. The van der Waals surface area contributed by atoms with Gasteiger partial charge in [0, 0.05) is 19.2 Å². The van der Waals surface area contributed by atoms with Crippen LogP contribution in [0, 0.1) is 10.1 Å². The summed E-state index contributed by atoms with van der Waals surface area (Å²) < 4.78 is 10.5. The van der Waals surface area contributed by atoms with Gasteiger partial charge in [-0.05, 0) is 26.0 Å². The monoisotopic (exact) mass is 337 g/mol. The predicted molar refractivity (Wildman–Crippen MR) is 84.4 cm³/mol. The van der Waals surface area contributed by atoms with Crippen LogP contribution in [0.25, 0.3) is 0 Å². The number of nitrogens with zero attached hydrogens (tertiary/aromatic N) is 2. The van der Waals surface area contributed by atoms with Gasteiger partial charge < -0.3 is 20.1 Å². The van der Waals surface area contributed by atoms with Gasteiger partial charge in [0.1, 0.15) is 5.69 Å². The zero-order chi connectivity index (χ0) is 17.9. The number of nitrogens with two attached hydrogens (primary N) is 1. The number of carbonyl (C=O) groups is 2. The average molecular weight is 337 g/mol. The van der Waals surface area contributed by atoms with Gasteiger partial charge in [-0.15, -0.1) is 0 Å². The number of hydrogen-bond donors (Lipinski definition) is 1. The number of nitro benzene ring substituents is 1. The van der Waals surface area contributed by atoms with E-state index >= 15 is 0 Å². The molecule has 9 nitrogen and oxygen atoms in total. The molecule has 1 fully saturated rings. The molecule has 1 amide bonds. The Morgan fingerprint density at radius 1 is 1.38 bits per heavy atom. The number of esters is 1. The van der Waals surface area contributed by atoms with E-state index in [4.69, 9.17) is 15.2 Å². The van der Waals surface area contributed by atoms with Crippen molar-refractivity contribution in [1.82, 2.24) is 4.90 Å². The number of ether oxygens (including phenoxy) is 2. The lowest BCUT2D eigenvalue weighted by molar-refractivity contribution is -0.383. The maximum Gasteiger partial charge on any atom is 0.338 e. The molecule has 1 aromatic carbocycles. The smallest absolute Gasteiger partial charge is 0.338 e. The van der Waals surface area contributed by atoms with E-state index in [0.29, 0.717) is 13.1 Å². The standard InChI is InChI=1S/C15H19N3O6/c1-9-6-17(7-10(2)24-9)14(19)8-23-15(20)11-3-4-12(16)13(5-11)18(21)22/h3-5,9-10H,6-8,16H2,1-2H3/t9-,10-/m0/s1. The molecule has 9 heteroatoms. The van der Waals surface area contributed by atoms with Crippen LogP contribution in [0.4, 0.5) is 11.4 Å². The lowest BCUT2D eigenvalue weighted by Crippen LogP contribution is -2.49. The first-order valence-electron chi connectivity index (χ1n) is 7.42. The van der Waals surface area contributed by atoms with Crippen molar-refractivity contribution in [1.29, 1.82) is 0 Å². The third kappa shape index (κ3) is 4.19. The zero-order valence-electron chi connectivity index (χ0n) is 13.4. The van der Waals surface area contributed by atoms with Crippen molar-refractivity contribution in [3.05, 3.63) is 33.9 Å². The Morgan fingerprint density at radius 2 is 2.00 bits per heavy atom. The van der Waals surface area contributed by atoms with Crippen LogP contribution < -0.4 is 5.73 Å². The van der Waals surface area contributed by atoms with Crippen molar-refractivity contribution in [3.63, 3.8) is 0 Å². The van der Waals surface area contributed by atoms with Crippen LogP contribution in [0.15, 0.2) is 18.2 Å². The summed E-state index contributed by atoms with van der Waals surface area (Å²) in [5.74, 6) is -1.16. The molecule has 1 heterocycles. The van der Waals surface area contributed by atoms with E-state index < -0.39 is 17.5 Å². The summed E-state index contributed by atoms with van der Waals surface area (Å²) in [6.07, 6.45) is -0.179. The van der Waals surface area contributed by atoms with Crippen LogP contribution in [-0.4, -0.2) is 53.6 Å². The molecule has 0 aromatic heterocycles. The maximum absolute atomic E-state index is 12.1. The molecule has 1 aromatic rings. The second-order valence-electron chi connectivity index (χ2n) is 5.66. The van der Waals surface area contributed by atoms with E-state index in [1.54, 1.807) is 4.90 Å². The van der Waals surface area contributed by atoms with Gasteiger partial charge in [0.05, 0.1) is 22.7 Å². The molecule has 130 valence electrons. The summed E-state index contributed by atoms with van der Waals surface area (Å²) >= 11 is 0. The van der Waals surface area contributed by atoms with Gasteiger partial charge in [-0.2, -0.15) is 0 Å². The van der Waals surface area contributed by atoms with Gasteiger partial charge in [0.25, 0.3) is 11.6 Å². The molecular weight excluding hydrogens is 318 g/mol. The molecule has 2 rings (SSSR count). The van der Waals surface area contributed by atoms with E-state index in [1.807, 2.05) is 13.8 Å². The molecule has 0 bridgehead atoms. The third-order valence-corrected chi connectivity index (χ3v) is 3.56. The SMILES string of the molecule is C[C@H]1CN(C(=O)COC(=O)c2ccc(N)c([N+](=O)[O-])c2)C[C@H](C)O1. The van der Waals surface area contributed by atoms with Gasteiger partial charge in [0.15, 0.2) is 6.61 Å². The molecule has 2 N–H and O–H groups in total. The van der Waals surface area contributed by atoms with E-state index in [9.17, 15) is 19.7 Å². The zero-order valence-corrected chi connectivity index (χ0v) is 13.4. The molecule has 24 heavy (non-hydrogen) atoms. The Kier molecular flexibility index (Phi) is 5.35. The second kappa shape index (κ2) is 7.26. The molecule has 2 atom stereocenters. The first-order valence-corrected chi connectivity index (χ1v) is 7.42. The van der Waals surface area contributed by atoms with Crippen LogP contribution in [0.2, 0.25) is 0 Å². The first kappa shape index (κ1) is 17.7. The number of nitrogen functional groups attached to an aromatic ring is 1. The Balaban J connectivity index is 1.96. The Hall–Kier alpha value is -2.68. The number of carbonyl (C=O) groups excluding carboxylic acids is 2. The fourth-order valence-electron chi connectivity index (χ4n) is 2.51. The Labute approximate surface area is 138 Å². The number of benzene rings is 1. The number of anilines is 1. The number of hydrogen-bond acceptors (Lipinski definition) is 7. The van der Waals surface area contributed by atoms with Crippen LogP contribution in [0.1, 0.15) is 24.2 Å². The minimum Gasteiger partial charge on any atom is -0.452 e. The molecule has 0 unspecified atom stereocenters. The highest BCUT2D eigenvalue weighted by Gasteiger charge is 2.26. The summed E-state index contributed by atoms with van der Waals surface area (Å²) in [6, 6.07) is 3.59. The third-order valence-electron chi connectivity index (χ3n) is 3.56. The Bertz CT molecular complexity index is 653. The quantitative estimate of drug-likeness (QED) is 0.375. The number of amides is 1. The maximum atomic E-state index is 12.1. The van der Waals surface area contributed by atoms with E-state index in [1.165, 1.54) is 12.1 Å². The minimum absolute atomic E-state index is 0.0348. The summed E-state index contributed by atoms with van der Waals surface area (Å²) in [7, 11) is 0. The second-order valence-corrected chi connectivity index (χ2v) is 5.66. The average Bonchev–Trinajstić information content (AvgIpc) is 2.51. The number of rotatable bonds is 4. The fraction of sp³-hybridized carbons (Fsp3) is 0.467. The summed E-state index contributed by atoms with van der Waals surface area (Å²) in [5.41, 5.74) is 5.00. The molecule has 0 spiro atoms. The van der Waals surface area contributed by atoms with Gasteiger partial charge >= 0.3 is 5.97 Å². The van der Waals surface area contributed by atoms with Crippen LogP contribution in [0.3, 0.4) is 0 Å². The minimum atomic E-state index is -0.819. The van der Waals surface area contributed by atoms with E-state index in [2.05, 4.69) is 0 Å². The van der Waals surface area contributed by atoms with Gasteiger partial charge in [0.2, 0.25) is 0 Å². The molecule has 1 aliphatic rings. The normalized spacial score (nSPS) is 20.5. The first-order chi connectivity index (χ1) is 11.3. The van der Waals surface area contributed by atoms with Crippen molar-refractivity contribution >= 4 is 23.3 Å². The largest absolute Gasteiger partial charge is 0.452 e. The molecule has 1 aliphatic heterocycles. The number of nitro groups is 1. The van der Waals surface area contributed by atoms with Gasteiger partial charge in [-0.25, -0.2) is 4.79 Å². The topological polar surface area (TPSA) is 125 Å². The highest BCUT2D eigenvalue weighted by Crippen LogP contribution is 2.22. The van der Waals surface area contributed by atoms with Crippen molar-refractivity contribution in [3.8, 4) is 0 Å². The highest BCUT2D eigenvalue weighted by molar-refractivity contribution is 5.92. The lowest BCUT2D eigenvalue weighted by atomic mass is 10.2. The van der Waals surface area contributed by atoms with Crippen LogP contribution in [-0.2, 0) is 14.3 Å².